The number of rotatable bonds is 2. The Bertz CT molecular complexity index is 1810. The maximum absolute atomic E-state index is 3.65. The second kappa shape index (κ2) is 18.3. The van der Waals surface area contributed by atoms with Crippen LogP contribution in [0.4, 0.5) is 0 Å². The maximum atomic E-state index is 3.65. The predicted molar refractivity (Wildman–Crippen MR) is 240 cm³/mol. The van der Waals surface area contributed by atoms with Gasteiger partial charge in [-0.25, -0.2) is 11.1 Å². The average Bonchev–Trinajstić information content (AvgIpc) is 3.78. The zero-order chi connectivity index (χ0) is 38.3. The van der Waals surface area contributed by atoms with E-state index in [2.05, 4.69) is 121 Å². The largest absolute Gasteiger partial charge is 0.184 e. The van der Waals surface area contributed by atoms with Crippen LogP contribution in [-0.4, -0.2) is 4.21 Å². The van der Waals surface area contributed by atoms with Crippen LogP contribution in [0.5, 0.6) is 0 Å². The Morgan fingerprint density at radius 3 is 1.73 bits per heavy atom. The molecule has 8 aliphatic carbocycles. The summed E-state index contributed by atoms with van der Waals surface area (Å²) in [5, 5.41) is 0. The van der Waals surface area contributed by atoms with E-state index in [4.69, 9.17) is 0 Å². The van der Waals surface area contributed by atoms with E-state index in [1.54, 1.807) is 51.0 Å². The monoisotopic (exact) mass is 848 g/mol. The summed E-state index contributed by atoms with van der Waals surface area (Å²) in [7, 11) is 0. The molecule has 4 bridgehead atoms. The van der Waals surface area contributed by atoms with Gasteiger partial charge < -0.3 is 6.92 Å². The van der Waals surface area contributed by atoms with Crippen LogP contribution in [-0.2, 0) is 41.5 Å². The van der Waals surface area contributed by atoms with Gasteiger partial charge in [-0.2, -0.15) is 60.5 Å². The van der Waals surface area contributed by atoms with Gasteiger partial charge in [0.1, 0.15) is 0 Å². The average molecular weight is 851 g/mol. The minimum atomic E-state index is 0. The summed E-state index contributed by atoms with van der Waals surface area (Å²) in [6.45, 7) is 23.2. The Morgan fingerprint density at radius 1 is 0.727 bits per heavy atom. The fraction of sp³-hybridized carbons (Fsp3) is 0.462. The summed E-state index contributed by atoms with van der Waals surface area (Å²) < 4.78 is 3.34. The minimum absolute atomic E-state index is 0. The van der Waals surface area contributed by atoms with Crippen molar-refractivity contribution in [3.05, 3.63) is 136 Å². The summed E-state index contributed by atoms with van der Waals surface area (Å²) in [5.74, 6) is 3.82. The second-order valence-corrected chi connectivity index (χ2v) is 18.1. The van der Waals surface area contributed by atoms with E-state index in [-0.39, 0.29) is 35.6 Å². The molecule has 1 atom stereocenters. The predicted octanol–water partition coefficient (Wildman–Crippen LogP) is 14.5. The van der Waals surface area contributed by atoms with Gasteiger partial charge >= 0.3 is 28.4 Å². The van der Waals surface area contributed by atoms with E-state index in [0.717, 1.165) is 24.2 Å². The van der Waals surface area contributed by atoms with Gasteiger partial charge in [-0.1, -0.05) is 84.4 Å². The summed E-state index contributed by atoms with van der Waals surface area (Å²) in [4.78, 5) is 0. The van der Waals surface area contributed by atoms with Crippen molar-refractivity contribution in [3.8, 4) is 11.1 Å². The third-order valence-corrected chi connectivity index (χ3v) is 13.1. The zero-order valence-electron chi connectivity index (χ0n) is 35.0. The van der Waals surface area contributed by atoms with Crippen LogP contribution in [0.25, 0.3) is 22.3 Å². The molecule has 11 rings (SSSR count). The first-order chi connectivity index (χ1) is 25.3. The van der Waals surface area contributed by atoms with Gasteiger partial charge in [0, 0.05) is 5.41 Å². The van der Waals surface area contributed by atoms with Gasteiger partial charge in [0.2, 0.25) is 0 Å². The Morgan fingerprint density at radius 2 is 1.25 bits per heavy atom. The molecule has 3 aromatic carbocycles. The number of hydrogen-bond acceptors (Lipinski definition) is 0. The fourth-order valence-corrected chi connectivity index (χ4v) is 11.6. The molecule has 0 aromatic heterocycles. The van der Waals surface area contributed by atoms with Crippen molar-refractivity contribution >= 4 is 40.2 Å². The second-order valence-electron chi connectivity index (χ2n) is 18.1. The molecule has 0 spiro atoms. The van der Waals surface area contributed by atoms with Crippen LogP contribution in [0, 0.1) is 54.2 Å². The molecule has 0 aliphatic heterocycles. The van der Waals surface area contributed by atoms with Gasteiger partial charge in [0.15, 0.2) is 0 Å². The van der Waals surface area contributed by atoms with E-state index in [9.17, 15) is 0 Å². The molecule has 0 heterocycles. The Balaban J connectivity index is 0.000000197. The number of hydrogen-bond donors (Lipinski definition) is 0. The molecule has 0 N–H and O–H groups in total. The molecule has 0 nitrogen and oxygen atoms in total. The van der Waals surface area contributed by atoms with Crippen molar-refractivity contribution < 1.29 is 24.2 Å². The molecule has 0 saturated heterocycles. The molecule has 4 fully saturated rings. The van der Waals surface area contributed by atoms with E-state index in [0.29, 0.717) is 11.3 Å². The molecule has 1 unspecified atom stereocenters. The molecule has 4 saturated carbocycles. The summed E-state index contributed by atoms with van der Waals surface area (Å²) in [6, 6.07) is 22.3. The molecule has 0 amide bonds. The third-order valence-electron chi connectivity index (χ3n) is 13.1. The Hall–Kier alpha value is -2.05. The van der Waals surface area contributed by atoms with E-state index < -0.39 is 0 Å². The molecular formula is C52H64Cl2Zr-4. The topological polar surface area (TPSA) is 0 Å². The van der Waals surface area contributed by atoms with Crippen LogP contribution in [0.15, 0.2) is 77.9 Å². The fourth-order valence-electron chi connectivity index (χ4n) is 11.6. The van der Waals surface area contributed by atoms with Gasteiger partial charge in [-0.3, -0.25) is 12.2 Å². The van der Waals surface area contributed by atoms with E-state index >= 15 is 0 Å². The summed E-state index contributed by atoms with van der Waals surface area (Å²) >= 11 is 1.30. The number of benzene rings is 3. The Labute approximate surface area is 363 Å². The van der Waals surface area contributed by atoms with Gasteiger partial charge in [0.25, 0.3) is 0 Å². The number of fused-ring (bicyclic) bond motifs is 5. The van der Waals surface area contributed by atoms with Crippen molar-refractivity contribution in [2.75, 3.05) is 0 Å². The Kier molecular flexibility index (Phi) is 15.2. The maximum Gasteiger partial charge on any atom is -0.171 e. The molecule has 294 valence electrons. The van der Waals surface area contributed by atoms with Crippen LogP contribution in [0.2, 0.25) is 0 Å². The van der Waals surface area contributed by atoms with Gasteiger partial charge in [-0.15, -0.1) is 36.4 Å². The van der Waals surface area contributed by atoms with Crippen molar-refractivity contribution in [2.24, 2.45) is 29.1 Å². The first kappa shape index (κ1) is 45.7. The normalized spacial score (nSPS) is 26.6. The van der Waals surface area contributed by atoms with E-state index in [1.807, 2.05) is 30.3 Å². The van der Waals surface area contributed by atoms with Gasteiger partial charge in [0.05, 0.1) is 0 Å². The zero-order valence-corrected chi connectivity index (χ0v) is 39.1. The van der Waals surface area contributed by atoms with Crippen molar-refractivity contribution in [3.63, 3.8) is 0 Å². The van der Waals surface area contributed by atoms with Crippen LogP contribution >= 0.6 is 24.8 Å². The van der Waals surface area contributed by atoms with Crippen molar-refractivity contribution in [1.82, 2.24) is 0 Å². The summed E-state index contributed by atoms with van der Waals surface area (Å²) in [5.41, 5.74) is 18.3. The van der Waals surface area contributed by atoms with Crippen molar-refractivity contribution in [1.29, 1.82) is 0 Å². The first-order valence-electron chi connectivity index (χ1n) is 20.2. The number of halogens is 2. The smallest absolute Gasteiger partial charge is 0.171 e. The summed E-state index contributed by atoms with van der Waals surface area (Å²) in [6.07, 6.45) is 23.9. The SMILES string of the molecule is CC1=[C-]C(C)(C)c2cc3c(cc21)-c1cc2c(cc1C3)C(C)(C)C=C2C.CC1=[C-]C(C)C=C1CC12CC3CC(CC(C3)C1)C2.Cl.Cl.[CH2-]C.[CH2]=[Zr].[c-]1ccccc1. The van der Waals surface area contributed by atoms with Crippen LogP contribution in [0.1, 0.15) is 141 Å². The van der Waals surface area contributed by atoms with Crippen LogP contribution in [0.3, 0.4) is 0 Å². The molecular weight excluding hydrogens is 787 g/mol. The molecule has 0 radical (unpaired) electrons. The first-order valence-corrected chi connectivity index (χ1v) is 22.0. The minimum Gasteiger partial charge on any atom is -0.184 e. The molecule has 3 aromatic rings. The third kappa shape index (κ3) is 9.32. The number of allylic oxidation sites excluding steroid dienone is 8. The molecule has 55 heavy (non-hydrogen) atoms. The quantitative estimate of drug-likeness (QED) is 0.176. The molecule has 8 aliphatic rings. The van der Waals surface area contributed by atoms with Crippen molar-refractivity contribution in [2.45, 2.75) is 125 Å². The van der Waals surface area contributed by atoms with Gasteiger partial charge in [-0.05, 0) is 120 Å². The van der Waals surface area contributed by atoms with Crippen LogP contribution < -0.4 is 0 Å². The molecule has 3 heteroatoms. The standard InChI is InChI=1S/C25H25.C18H25.C6H5.C2H5.CH2.2ClH.Zr/c1-14-12-24(3,4)22-8-16-7-17-9-23-19(15(2)13-25(23,5)6)11-21(17)20(16)10-18(14)22;1-12-3-13(2)17(4-12)11-18-8-14-5-15(9-18)7-16(6-14)10-18;1-2-4-6-5-3-1;1-2;;;;/h8-12H,7H2,1-6H3;4,12,14-16H,5-11H2,1-2H3;1-5H;1H2,2H3;1H2;2*1H;/q4*-1;;;;. The van der Waals surface area contributed by atoms with E-state index in [1.165, 1.54) is 91.9 Å².